The highest BCUT2D eigenvalue weighted by molar-refractivity contribution is 6.37. The molecule has 0 spiro atoms. The quantitative estimate of drug-likeness (QED) is 0.789. The summed E-state index contributed by atoms with van der Waals surface area (Å²) in [5.41, 5.74) is 0.985. The highest BCUT2D eigenvalue weighted by atomic mass is 35.5. The van der Waals surface area contributed by atoms with E-state index in [2.05, 4.69) is 9.97 Å². The zero-order valence-electron chi connectivity index (χ0n) is 9.78. The number of benzene rings is 1. The molecule has 2 aromatic rings. The van der Waals surface area contributed by atoms with Crippen molar-refractivity contribution in [2.24, 2.45) is 0 Å². The molecule has 0 saturated heterocycles. The van der Waals surface area contributed by atoms with Gasteiger partial charge < -0.3 is 4.90 Å². The van der Waals surface area contributed by atoms with Gasteiger partial charge in [0.15, 0.2) is 0 Å². The Hall–Kier alpha value is -1.39. The maximum Gasteiger partial charge on any atom is 0.227 e. The van der Waals surface area contributed by atoms with Crippen LogP contribution >= 0.6 is 23.2 Å². The molecule has 6 heteroatoms. The lowest BCUT2D eigenvalue weighted by molar-refractivity contribution is 0.628. The predicted octanol–water partition coefficient (Wildman–Crippen LogP) is 3.66. The van der Waals surface area contributed by atoms with Crippen LogP contribution < -0.4 is 4.90 Å². The topological polar surface area (TPSA) is 29.0 Å². The second-order valence-electron chi connectivity index (χ2n) is 3.89. The van der Waals surface area contributed by atoms with E-state index in [0.717, 1.165) is 0 Å². The van der Waals surface area contributed by atoms with Crippen LogP contribution in [0.1, 0.15) is 0 Å². The van der Waals surface area contributed by atoms with Gasteiger partial charge in [0.05, 0.1) is 5.56 Å². The number of halogens is 3. The van der Waals surface area contributed by atoms with Gasteiger partial charge in [0, 0.05) is 14.1 Å². The molecule has 0 aliphatic heterocycles. The van der Waals surface area contributed by atoms with Gasteiger partial charge in [-0.25, -0.2) is 14.4 Å². The molecule has 94 valence electrons. The Balaban J connectivity index is 2.59. The molecule has 18 heavy (non-hydrogen) atoms. The molecule has 0 amide bonds. The van der Waals surface area contributed by atoms with Gasteiger partial charge in [-0.05, 0) is 17.7 Å². The molecular weight excluding hydrogens is 276 g/mol. The Morgan fingerprint density at radius 2 is 1.72 bits per heavy atom. The standard InChI is InChI=1S/C12H10Cl2FN3/c1-18(2)12-16-10(13)9(11(14)17-12)7-4-3-5-8(15)6-7/h3-6H,1-2H3. The summed E-state index contributed by atoms with van der Waals surface area (Å²) >= 11 is 12.2. The van der Waals surface area contributed by atoms with Crippen molar-refractivity contribution < 1.29 is 4.39 Å². The lowest BCUT2D eigenvalue weighted by Gasteiger charge is -2.13. The molecule has 0 aliphatic carbocycles. The van der Waals surface area contributed by atoms with E-state index in [1.807, 2.05) is 0 Å². The summed E-state index contributed by atoms with van der Waals surface area (Å²) in [7, 11) is 3.56. The molecule has 0 saturated carbocycles. The van der Waals surface area contributed by atoms with E-state index in [9.17, 15) is 4.39 Å². The second-order valence-corrected chi connectivity index (χ2v) is 4.60. The molecule has 0 N–H and O–H groups in total. The second kappa shape index (κ2) is 5.08. The number of hydrogen-bond donors (Lipinski definition) is 0. The molecule has 0 atom stereocenters. The van der Waals surface area contributed by atoms with Gasteiger partial charge in [0.25, 0.3) is 0 Å². The minimum Gasteiger partial charge on any atom is -0.347 e. The zero-order chi connectivity index (χ0) is 13.3. The van der Waals surface area contributed by atoms with Crippen LogP contribution in [-0.2, 0) is 0 Å². The summed E-state index contributed by atoms with van der Waals surface area (Å²) in [6.07, 6.45) is 0. The number of aromatic nitrogens is 2. The summed E-state index contributed by atoms with van der Waals surface area (Å²) < 4.78 is 13.2. The highest BCUT2D eigenvalue weighted by Crippen LogP contribution is 2.33. The lowest BCUT2D eigenvalue weighted by Crippen LogP contribution is -2.13. The molecule has 3 nitrogen and oxygen atoms in total. The molecule has 1 aromatic carbocycles. The number of nitrogens with zero attached hydrogens (tertiary/aromatic N) is 3. The van der Waals surface area contributed by atoms with Crippen molar-refractivity contribution in [1.29, 1.82) is 0 Å². The largest absolute Gasteiger partial charge is 0.347 e. The molecule has 1 heterocycles. The molecular formula is C12H10Cl2FN3. The molecule has 2 rings (SSSR count). The van der Waals surface area contributed by atoms with Crippen LogP contribution in [0.2, 0.25) is 10.3 Å². The molecule has 0 radical (unpaired) electrons. The Kier molecular flexibility index (Phi) is 3.68. The Labute approximate surface area is 114 Å². The fraction of sp³-hybridized carbons (Fsp3) is 0.167. The average Bonchev–Trinajstić information content (AvgIpc) is 2.27. The molecule has 0 unspecified atom stereocenters. The van der Waals surface area contributed by atoms with Gasteiger partial charge in [-0.3, -0.25) is 0 Å². The van der Waals surface area contributed by atoms with Crippen molar-refractivity contribution in [3.63, 3.8) is 0 Å². The summed E-state index contributed by atoms with van der Waals surface area (Å²) in [6, 6.07) is 5.97. The van der Waals surface area contributed by atoms with Crippen molar-refractivity contribution >= 4 is 29.2 Å². The van der Waals surface area contributed by atoms with Crippen LogP contribution in [-0.4, -0.2) is 24.1 Å². The van der Waals surface area contributed by atoms with E-state index in [4.69, 9.17) is 23.2 Å². The van der Waals surface area contributed by atoms with Gasteiger partial charge in [0.2, 0.25) is 5.95 Å². The highest BCUT2D eigenvalue weighted by Gasteiger charge is 2.14. The minimum atomic E-state index is -0.365. The Bertz CT molecular complexity index is 564. The normalized spacial score (nSPS) is 10.5. The van der Waals surface area contributed by atoms with Crippen molar-refractivity contribution in [2.45, 2.75) is 0 Å². The maximum absolute atomic E-state index is 13.2. The van der Waals surface area contributed by atoms with Crippen LogP contribution in [0.25, 0.3) is 11.1 Å². The minimum absolute atomic E-state index is 0.198. The van der Waals surface area contributed by atoms with Gasteiger partial charge in [-0.15, -0.1) is 0 Å². The first kappa shape index (κ1) is 13.1. The molecule has 0 bridgehead atoms. The summed E-state index contributed by atoms with van der Waals surface area (Å²) in [5.74, 6) is 0.0430. The third-order valence-electron chi connectivity index (χ3n) is 2.32. The zero-order valence-corrected chi connectivity index (χ0v) is 11.3. The van der Waals surface area contributed by atoms with Crippen LogP contribution in [0.5, 0.6) is 0 Å². The summed E-state index contributed by atoms with van der Waals surface area (Å²) in [6.45, 7) is 0. The van der Waals surface area contributed by atoms with Crippen LogP contribution in [0, 0.1) is 5.82 Å². The van der Waals surface area contributed by atoms with Crippen molar-refractivity contribution in [1.82, 2.24) is 9.97 Å². The fourth-order valence-electron chi connectivity index (χ4n) is 1.48. The smallest absolute Gasteiger partial charge is 0.227 e. The van der Waals surface area contributed by atoms with Gasteiger partial charge in [0.1, 0.15) is 16.1 Å². The first-order valence-corrected chi connectivity index (χ1v) is 5.91. The number of hydrogen-bond acceptors (Lipinski definition) is 3. The van der Waals surface area contributed by atoms with Crippen LogP contribution in [0.3, 0.4) is 0 Å². The van der Waals surface area contributed by atoms with Crippen LogP contribution in [0.4, 0.5) is 10.3 Å². The third kappa shape index (κ3) is 2.54. The molecule has 0 fully saturated rings. The van der Waals surface area contributed by atoms with Crippen molar-refractivity contribution in [2.75, 3.05) is 19.0 Å². The van der Waals surface area contributed by atoms with Crippen LogP contribution in [0.15, 0.2) is 24.3 Å². The summed E-state index contributed by atoms with van der Waals surface area (Å²) in [5, 5.41) is 0.397. The third-order valence-corrected chi connectivity index (χ3v) is 2.87. The van der Waals surface area contributed by atoms with E-state index in [-0.39, 0.29) is 16.1 Å². The van der Waals surface area contributed by atoms with Gasteiger partial charge in [-0.2, -0.15) is 0 Å². The summed E-state index contributed by atoms with van der Waals surface area (Å²) in [4.78, 5) is 9.91. The van der Waals surface area contributed by atoms with E-state index < -0.39 is 0 Å². The Morgan fingerprint density at radius 3 is 2.22 bits per heavy atom. The monoisotopic (exact) mass is 285 g/mol. The van der Waals surface area contributed by atoms with E-state index in [1.165, 1.54) is 12.1 Å². The lowest BCUT2D eigenvalue weighted by atomic mass is 10.1. The van der Waals surface area contributed by atoms with Gasteiger partial charge in [-0.1, -0.05) is 35.3 Å². The molecule has 1 aromatic heterocycles. The van der Waals surface area contributed by atoms with Crippen molar-refractivity contribution in [3.8, 4) is 11.1 Å². The number of anilines is 1. The first-order chi connectivity index (χ1) is 8.49. The average molecular weight is 286 g/mol. The molecule has 0 aliphatic rings. The first-order valence-electron chi connectivity index (χ1n) is 5.15. The van der Waals surface area contributed by atoms with E-state index in [0.29, 0.717) is 17.1 Å². The van der Waals surface area contributed by atoms with Gasteiger partial charge >= 0.3 is 0 Å². The predicted molar refractivity (Wildman–Crippen MR) is 71.8 cm³/mol. The number of rotatable bonds is 2. The fourth-order valence-corrected chi connectivity index (χ4v) is 2.08. The SMILES string of the molecule is CN(C)c1nc(Cl)c(-c2cccc(F)c2)c(Cl)n1. The maximum atomic E-state index is 13.2. The van der Waals surface area contributed by atoms with E-state index in [1.54, 1.807) is 31.1 Å². The Morgan fingerprint density at radius 1 is 1.11 bits per heavy atom. The van der Waals surface area contributed by atoms with E-state index >= 15 is 0 Å². The van der Waals surface area contributed by atoms with Crippen molar-refractivity contribution in [3.05, 3.63) is 40.4 Å².